The second-order valence-electron chi connectivity index (χ2n) is 4.37. The number of hydrogen-bond donors (Lipinski definition) is 1. The van der Waals surface area contributed by atoms with E-state index in [0.29, 0.717) is 12.0 Å². The van der Waals surface area contributed by atoms with Crippen LogP contribution in [0.4, 0.5) is 0 Å². The topological polar surface area (TPSA) is 47.0 Å². The molecular formula is C12H19N3OS. The van der Waals surface area contributed by atoms with Crippen LogP contribution in [-0.2, 0) is 4.74 Å². The lowest BCUT2D eigenvalue weighted by Gasteiger charge is -2.20. The van der Waals surface area contributed by atoms with Gasteiger partial charge in [-0.2, -0.15) is 0 Å². The Labute approximate surface area is 107 Å². The van der Waals surface area contributed by atoms with E-state index in [1.807, 2.05) is 26.4 Å². The Kier molecular flexibility index (Phi) is 4.76. The van der Waals surface area contributed by atoms with Crippen LogP contribution in [0.3, 0.4) is 0 Å². The minimum absolute atomic E-state index is 0.479. The SMILES string of the molecule is CNC(CSc1ncc(C)cn1)C1CCOC1. The molecule has 4 nitrogen and oxygen atoms in total. The number of rotatable bonds is 5. The first-order chi connectivity index (χ1) is 8.29. The molecule has 1 aromatic rings. The average Bonchev–Trinajstić information content (AvgIpc) is 2.86. The maximum atomic E-state index is 5.43. The predicted molar refractivity (Wildman–Crippen MR) is 69.3 cm³/mol. The predicted octanol–water partition coefficient (Wildman–Crippen LogP) is 1.50. The Morgan fingerprint density at radius 3 is 2.88 bits per heavy atom. The van der Waals surface area contributed by atoms with Crippen molar-refractivity contribution in [3.8, 4) is 0 Å². The Morgan fingerprint density at radius 2 is 2.29 bits per heavy atom. The molecule has 0 saturated carbocycles. The first-order valence-corrected chi connectivity index (χ1v) is 6.94. The van der Waals surface area contributed by atoms with Gasteiger partial charge in [0.25, 0.3) is 0 Å². The molecule has 5 heteroatoms. The Balaban J connectivity index is 1.84. The second-order valence-corrected chi connectivity index (χ2v) is 5.36. The largest absolute Gasteiger partial charge is 0.381 e. The lowest BCUT2D eigenvalue weighted by atomic mass is 10.0. The fourth-order valence-electron chi connectivity index (χ4n) is 1.94. The summed E-state index contributed by atoms with van der Waals surface area (Å²) in [4.78, 5) is 8.61. The van der Waals surface area contributed by atoms with Crippen molar-refractivity contribution in [2.24, 2.45) is 5.92 Å². The van der Waals surface area contributed by atoms with Crippen LogP contribution in [-0.4, -0.2) is 42.0 Å². The summed E-state index contributed by atoms with van der Waals surface area (Å²) in [6.45, 7) is 3.77. The van der Waals surface area contributed by atoms with Gasteiger partial charge in [-0.1, -0.05) is 11.8 Å². The highest BCUT2D eigenvalue weighted by atomic mass is 32.2. The monoisotopic (exact) mass is 253 g/mol. The molecule has 2 unspecified atom stereocenters. The lowest BCUT2D eigenvalue weighted by molar-refractivity contribution is 0.179. The highest BCUT2D eigenvalue weighted by Gasteiger charge is 2.24. The highest BCUT2D eigenvalue weighted by molar-refractivity contribution is 7.99. The van der Waals surface area contributed by atoms with Gasteiger partial charge >= 0.3 is 0 Å². The zero-order valence-corrected chi connectivity index (χ0v) is 11.2. The molecular weight excluding hydrogens is 234 g/mol. The molecule has 17 heavy (non-hydrogen) atoms. The van der Waals surface area contributed by atoms with E-state index in [2.05, 4.69) is 15.3 Å². The number of thioether (sulfide) groups is 1. The van der Waals surface area contributed by atoms with Gasteiger partial charge in [0, 0.05) is 36.7 Å². The van der Waals surface area contributed by atoms with E-state index >= 15 is 0 Å². The molecule has 0 amide bonds. The van der Waals surface area contributed by atoms with Gasteiger partial charge in [0.05, 0.1) is 6.61 Å². The van der Waals surface area contributed by atoms with Crippen LogP contribution >= 0.6 is 11.8 Å². The minimum Gasteiger partial charge on any atom is -0.381 e. The summed E-state index contributed by atoms with van der Waals surface area (Å²) >= 11 is 1.71. The van der Waals surface area contributed by atoms with Crippen LogP contribution in [0, 0.1) is 12.8 Å². The van der Waals surface area contributed by atoms with Crippen LogP contribution < -0.4 is 5.32 Å². The zero-order chi connectivity index (χ0) is 12.1. The van der Waals surface area contributed by atoms with E-state index in [-0.39, 0.29) is 0 Å². The molecule has 1 saturated heterocycles. The summed E-state index contributed by atoms with van der Waals surface area (Å²) in [6, 6.07) is 0.479. The summed E-state index contributed by atoms with van der Waals surface area (Å²) in [5.41, 5.74) is 1.10. The van der Waals surface area contributed by atoms with Gasteiger partial charge in [-0.05, 0) is 26.0 Å². The van der Waals surface area contributed by atoms with Crippen molar-refractivity contribution in [1.82, 2.24) is 15.3 Å². The number of ether oxygens (including phenoxy) is 1. The first kappa shape index (κ1) is 12.8. The van der Waals surface area contributed by atoms with Crippen molar-refractivity contribution in [1.29, 1.82) is 0 Å². The molecule has 2 atom stereocenters. The van der Waals surface area contributed by atoms with E-state index < -0.39 is 0 Å². The van der Waals surface area contributed by atoms with Crippen LogP contribution in [0.2, 0.25) is 0 Å². The van der Waals surface area contributed by atoms with Crippen molar-refractivity contribution >= 4 is 11.8 Å². The third-order valence-electron chi connectivity index (χ3n) is 3.05. The van der Waals surface area contributed by atoms with Crippen LogP contribution in [0.1, 0.15) is 12.0 Å². The summed E-state index contributed by atoms with van der Waals surface area (Å²) in [6.07, 6.45) is 4.88. The van der Waals surface area contributed by atoms with Crippen LogP contribution in [0.15, 0.2) is 17.6 Å². The average molecular weight is 253 g/mol. The van der Waals surface area contributed by atoms with Gasteiger partial charge in [-0.3, -0.25) is 0 Å². The molecule has 0 radical (unpaired) electrons. The van der Waals surface area contributed by atoms with Crippen molar-refractivity contribution < 1.29 is 4.74 Å². The molecule has 1 aliphatic rings. The summed E-state index contributed by atoms with van der Waals surface area (Å²) in [7, 11) is 2.01. The minimum atomic E-state index is 0.479. The van der Waals surface area contributed by atoms with E-state index in [4.69, 9.17) is 4.74 Å². The molecule has 2 rings (SSSR count). The van der Waals surface area contributed by atoms with Gasteiger partial charge in [0.15, 0.2) is 5.16 Å². The molecule has 0 spiro atoms. The molecule has 1 N–H and O–H groups in total. The molecule has 0 aliphatic carbocycles. The fraction of sp³-hybridized carbons (Fsp3) is 0.667. The normalized spacial score (nSPS) is 21.6. The summed E-state index contributed by atoms with van der Waals surface area (Å²) in [5, 5.41) is 4.23. The lowest BCUT2D eigenvalue weighted by Crippen LogP contribution is -2.36. The molecule has 1 aromatic heterocycles. The number of hydrogen-bond acceptors (Lipinski definition) is 5. The highest BCUT2D eigenvalue weighted by Crippen LogP contribution is 2.22. The first-order valence-electron chi connectivity index (χ1n) is 5.96. The molecule has 1 fully saturated rings. The zero-order valence-electron chi connectivity index (χ0n) is 10.3. The van der Waals surface area contributed by atoms with E-state index in [0.717, 1.165) is 36.1 Å². The quantitative estimate of drug-likeness (QED) is 0.636. The van der Waals surface area contributed by atoms with Gasteiger partial charge in [0.1, 0.15) is 0 Å². The Hall–Kier alpha value is -0.650. The molecule has 0 aromatic carbocycles. The molecule has 94 valence electrons. The smallest absolute Gasteiger partial charge is 0.187 e. The summed E-state index contributed by atoms with van der Waals surface area (Å²) in [5.74, 6) is 1.62. The van der Waals surface area contributed by atoms with Crippen molar-refractivity contribution in [3.05, 3.63) is 18.0 Å². The van der Waals surface area contributed by atoms with Crippen LogP contribution in [0.25, 0.3) is 0 Å². The Bertz CT molecular complexity index is 338. The number of aryl methyl sites for hydroxylation is 1. The van der Waals surface area contributed by atoms with Crippen molar-refractivity contribution in [3.63, 3.8) is 0 Å². The van der Waals surface area contributed by atoms with Gasteiger partial charge in [-0.25, -0.2) is 9.97 Å². The van der Waals surface area contributed by atoms with E-state index in [9.17, 15) is 0 Å². The number of nitrogens with zero attached hydrogens (tertiary/aromatic N) is 2. The third kappa shape index (κ3) is 3.66. The molecule has 0 bridgehead atoms. The maximum absolute atomic E-state index is 5.43. The second kappa shape index (κ2) is 6.33. The van der Waals surface area contributed by atoms with E-state index in [1.54, 1.807) is 11.8 Å². The van der Waals surface area contributed by atoms with Crippen molar-refractivity contribution in [2.75, 3.05) is 26.0 Å². The molecule has 2 heterocycles. The number of aromatic nitrogens is 2. The fourth-order valence-corrected chi connectivity index (χ4v) is 2.97. The Morgan fingerprint density at radius 1 is 1.53 bits per heavy atom. The standard InChI is InChI=1S/C12H19N3OS/c1-9-5-14-12(15-6-9)17-8-11(13-2)10-3-4-16-7-10/h5-6,10-11,13H,3-4,7-8H2,1-2H3. The van der Waals surface area contributed by atoms with E-state index in [1.165, 1.54) is 0 Å². The van der Waals surface area contributed by atoms with Gasteiger partial charge in [-0.15, -0.1) is 0 Å². The maximum Gasteiger partial charge on any atom is 0.187 e. The van der Waals surface area contributed by atoms with Gasteiger partial charge in [0.2, 0.25) is 0 Å². The van der Waals surface area contributed by atoms with Crippen LogP contribution in [0.5, 0.6) is 0 Å². The summed E-state index contributed by atoms with van der Waals surface area (Å²) < 4.78 is 5.43. The molecule has 1 aliphatic heterocycles. The number of nitrogens with one attached hydrogen (secondary N) is 1. The van der Waals surface area contributed by atoms with Gasteiger partial charge < -0.3 is 10.1 Å². The van der Waals surface area contributed by atoms with Crippen molar-refractivity contribution in [2.45, 2.75) is 24.5 Å². The third-order valence-corrected chi connectivity index (χ3v) is 4.05.